The third-order valence-electron chi connectivity index (χ3n) is 9.07. The van der Waals surface area contributed by atoms with Crippen molar-refractivity contribution in [3.8, 4) is 29.1 Å². The van der Waals surface area contributed by atoms with Gasteiger partial charge in [-0.1, -0.05) is 24.3 Å². The van der Waals surface area contributed by atoms with Crippen molar-refractivity contribution in [1.29, 1.82) is 5.26 Å². The molecule has 5 aromatic rings. The zero-order chi connectivity index (χ0) is 45.2. The Morgan fingerprint density at radius 2 is 1.35 bits per heavy atom. The number of benzene rings is 4. The van der Waals surface area contributed by atoms with Gasteiger partial charge in [-0.3, -0.25) is 4.90 Å². The molecule has 0 aliphatic rings. The fourth-order valence-electron chi connectivity index (χ4n) is 5.75. The van der Waals surface area contributed by atoms with E-state index in [0.717, 1.165) is 40.7 Å². The maximum Gasteiger partial charge on any atom is 0.407 e. The number of thiophene rings is 1. The summed E-state index contributed by atoms with van der Waals surface area (Å²) in [6.07, 6.45) is -0.909. The number of ether oxygens (including phenoxy) is 5. The standard InChI is InChI=1S/C42H47FN5O12PS2/c1-55-34-10-5-30(6-11-34)27-58-41(49)45-17-3-19-48(20-4-18-46-42(50)59-28-31-7-12-35(56-2)13-8-31)21-22-57-36-15-16-39-33(23-36)24-40(62-39)63(53,54)47-29-61(51,52)60-37-14-9-32(26-44)38(43)25-37/h5-16,23-25,47H,3-4,17-22,27-29H2,1-2H3,(H,45,49)(H,46,50)(H,51,52). The normalized spacial score (nSPS) is 12.2. The molecule has 0 fully saturated rings. The number of carbonyl (C=O) groups is 2. The van der Waals surface area contributed by atoms with E-state index in [2.05, 4.69) is 20.3 Å². The maximum atomic E-state index is 13.9. The number of rotatable bonds is 24. The van der Waals surface area contributed by atoms with Gasteiger partial charge in [0.05, 0.1) is 19.8 Å². The lowest BCUT2D eigenvalue weighted by molar-refractivity contribution is 0.138. The smallest absolute Gasteiger partial charge is 0.407 e. The van der Waals surface area contributed by atoms with Crippen LogP contribution < -0.4 is 34.1 Å². The van der Waals surface area contributed by atoms with Crippen LogP contribution in [0.5, 0.6) is 23.0 Å². The Morgan fingerprint density at radius 3 is 1.89 bits per heavy atom. The summed E-state index contributed by atoms with van der Waals surface area (Å²) in [4.78, 5) is 37.0. The van der Waals surface area contributed by atoms with Gasteiger partial charge in [-0.25, -0.2) is 27.0 Å². The quantitative estimate of drug-likeness (QED) is 0.0372. The van der Waals surface area contributed by atoms with E-state index in [1.807, 2.05) is 24.3 Å². The predicted molar refractivity (Wildman–Crippen MR) is 232 cm³/mol. The number of nitriles is 1. The van der Waals surface area contributed by atoms with Crippen LogP contribution in [0, 0.1) is 17.1 Å². The average Bonchev–Trinajstić information content (AvgIpc) is 3.72. The van der Waals surface area contributed by atoms with Gasteiger partial charge in [0.2, 0.25) is 0 Å². The van der Waals surface area contributed by atoms with E-state index in [1.54, 1.807) is 62.8 Å². The van der Waals surface area contributed by atoms with E-state index in [4.69, 9.17) is 33.5 Å². The van der Waals surface area contributed by atoms with Gasteiger partial charge in [0.1, 0.15) is 65.2 Å². The molecule has 336 valence electrons. The van der Waals surface area contributed by atoms with Crippen LogP contribution in [0.15, 0.2) is 95.2 Å². The van der Waals surface area contributed by atoms with E-state index in [-0.39, 0.29) is 35.3 Å². The molecule has 5 rings (SSSR count). The fraction of sp³-hybridized carbons (Fsp3) is 0.310. The Labute approximate surface area is 368 Å². The van der Waals surface area contributed by atoms with Crippen molar-refractivity contribution in [3.63, 3.8) is 0 Å². The van der Waals surface area contributed by atoms with E-state index in [9.17, 15) is 31.9 Å². The molecule has 1 atom stereocenters. The zero-order valence-corrected chi connectivity index (χ0v) is 36.9. The average molecular weight is 928 g/mol. The molecule has 0 saturated carbocycles. The lowest BCUT2D eigenvalue weighted by atomic mass is 10.2. The van der Waals surface area contributed by atoms with Crippen LogP contribution in [0.3, 0.4) is 0 Å². The monoisotopic (exact) mass is 927 g/mol. The molecule has 0 spiro atoms. The maximum absolute atomic E-state index is 13.9. The van der Waals surface area contributed by atoms with Gasteiger partial charge >= 0.3 is 19.8 Å². The molecule has 4 N–H and O–H groups in total. The Morgan fingerprint density at radius 1 is 0.794 bits per heavy atom. The number of carbonyl (C=O) groups excluding carboxylic acids is 2. The number of methoxy groups -OCH3 is 2. The summed E-state index contributed by atoms with van der Waals surface area (Å²) < 4.78 is 87.3. The van der Waals surface area contributed by atoms with Gasteiger partial charge in [0, 0.05) is 30.4 Å². The molecule has 4 aromatic carbocycles. The second kappa shape index (κ2) is 23.5. The van der Waals surface area contributed by atoms with Crippen LogP contribution in [-0.4, -0.2) is 90.2 Å². The number of alkyl carbamates (subject to hydrolysis) is 2. The van der Waals surface area contributed by atoms with Crippen LogP contribution in [0.4, 0.5) is 14.0 Å². The van der Waals surface area contributed by atoms with Crippen LogP contribution in [0.2, 0.25) is 0 Å². The number of nitrogens with zero attached hydrogens (tertiary/aromatic N) is 2. The van der Waals surface area contributed by atoms with Gasteiger partial charge in [-0.2, -0.15) is 9.98 Å². The molecule has 1 unspecified atom stereocenters. The molecule has 0 saturated heterocycles. The summed E-state index contributed by atoms with van der Waals surface area (Å²) in [5.74, 6) is 0.569. The highest BCUT2D eigenvalue weighted by molar-refractivity contribution is 7.92. The van der Waals surface area contributed by atoms with E-state index < -0.39 is 41.9 Å². The van der Waals surface area contributed by atoms with Gasteiger partial charge < -0.3 is 43.7 Å². The minimum atomic E-state index is -4.61. The van der Waals surface area contributed by atoms with Crippen molar-refractivity contribution >= 4 is 51.2 Å². The highest BCUT2D eigenvalue weighted by Gasteiger charge is 2.27. The Kier molecular flexibility index (Phi) is 17.9. The Balaban J connectivity index is 1.10. The molecule has 2 amide bonds. The summed E-state index contributed by atoms with van der Waals surface area (Å²) >= 11 is 0.941. The molecule has 21 heteroatoms. The lowest BCUT2D eigenvalue weighted by Gasteiger charge is -2.22. The third-order valence-corrected chi connectivity index (χ3v) is 13.3. The fourth-order valence-corrected chi connectivity index (χ4v) is 9.68. The Bertz CT molecular complexity index is 2430. The van der Waals surface area contributed by atoms with Crippen molar-refractivity contribution < 1.29 is 60.1 Å². The number of halogens is 1. The minimum absolute atomic E-state index is 0.106. The first-order chi connectivity index (χ1) is 30.2. The molecule has 1 heterocycles. The summed E-state index contributed by atoms with van der Waals surface area (Å²) in [6.45, 7) is 2.81. The van der Waals surface area contributed by atoms with Crippen molar-refractivity contribution in [1.82, 2.24) is 20.3 Å². The lowest BCUT2D eigenvalue weighted by Crippen LogP contribution is -2.35. The number of hydrogen-bond acceptors (Lipinski definition) is 14. The summed E-state index contributed by atoms with van der Waals surface area (Å²) in [6, 6.07) is 25.4. The first-order valence-electron chi connectivity index (χ1n) is 19.4. The number of sulfonamides is 1. The van der Waals surface area contributed by atoms with E-state index >= 15 is 0 Å². The summed E-state index contributed by atoms with van der Waals surface area (Å²) in [7, 11) is -5.73. The zero-order valence-electron chi connectivity index (χ0n) is 34.4. The van der Waals surface area contributed by atoms with Crippen LogP contribution in [0.1, 0.15) is 29.5 Å². The second-order valence-electron chi connectivity index (χ2n) is 13.7. The molecule has 63 heavy (non-hydrogen) atoms. The van der Waals surface area contributed by atoms with Gasteiger partial charge in [0.25, 0.3) is 10.0 Å². The van der Waals surface area contributed by atoms with Crippen molar-refractivity contribution in [2.75, 3.05) is 59.8 Å². The number of amides is 2. The largest absolute Gasteiger partial charge is 0.497 e. The molecule has 0 aliphatic carbocycles. The molecule has 1 aromatic heterocycles. The third kappa shape index (κ3) is 15.7. The number of hydrogen-bond donors (Lipinski definition) is 4. The number of nitrogens with one attached hydrogen (secondary N) is 3. The highest BCUT2D eigenvalue weighted by atomic mass is 32.2. The highest BCUT2D eigenvalue weighted by Crippen LogP contribution is 2.42. The Hall–Kier alpha value is -5.94. The van der Waals surface area contributed by atoms with E-state index in [0.29, 0.717) is 72.9 Å². The van der Waals surface area contributed by atoms with Gasteiger partial charge in [0.15, 0.2) is 0 Å². The molecule has 0 radical (unpaired) electrons. The minimum Gasteiger partial charge on any atom is -0.497 e. The predicted octanol–water partition coefficient (Wildman–Crippen LogP) is 6.74. The molecular formula is C42H47FN5O12PS2. The van der Waals surface area contributed by atoms with Crippen LogP contribution in [0.25, 0.3) is 10.1 Å². The van der Waals surface area contributed by atoms with Crippen molar-refractivity contribution in [2.24, 2.45) is 0 Å². The van der Waals surface area contributed by atoms with Gasteiger partial charge in [-0.05, 0) is 103 Å². The first-order valence-corrected chi connectivity index (χ1v) is 23.5. The topological polar surface area (TPSA) is 224 Å². The van der Waals surface area contributed by atoms with Crippen molar-refractivity contribution in [2.45, 2.75) is 30.3 Å². The molecule has 0 bridgehead atoms. The molecule has 17 nitrogen and oxygen atoms in total. The molecule has 0 aliphatic heterocycles. The second-order valence-corrected chi connectivity index (χ2v) is 18.5. The number of fused-ring (bicyclic) bond motifs is 1. The summed E-state index contributed by atoms with van der Waals surface area (Å²) in [5.41, 5.74) is 1.34. The van der Waals surface area contributed by atoms with Crippen molar-refractivity contribution in [3.05, 3.63) is 114 Å². The van der Waals surface area contributed by atoms with Crippen LogP contribution >= 0.6 is 18.9 Å². The van der Waals surface area contributed by atoms with Crippen LogP contribution in [-0.2, 0) is 37.3 Å². The SMILES string of the molecule is COc1ccc(COC(=O)NCCCN(CCCNC(=O)OCc2ccc(OC)cc2)CCOc2ccc3sc(S(=O)(=O)NCP(=O)(O)Oc4ccc(C#N)c(F)c4)cc3c2)cc1. The van der Waals surface area contributed by atoms with E-state index in [1.165, 1.54) is 6.07 Å². The molecular weight excluding hydrogens is 881 g/mol. The first kappa shape index (κ1) is 48.1. The summed E-state index contributed by atoms with van der Waals surface area (Å²) in [5, 5.41) is 15.0. The van der Waals surface area contributed by atoms with Gasteiger partial charge in [-0.15, -0.1) is 11.3 Å².